The van der Waals surface area contributed by atoms with E-state index in [0.29, 0.717) is 5.75 Å². The molecule has 2 aliphatic rings. The zero-order chi connectivity index (χ0) is 28.7. The van der Waals surface area contributed by atoms with Crippen molar-refractivity contribution in [2.45, 2.75) is 37.8 Å². The van der Waals surface area contributed by atoms with Gasteiger partial charge in [0.1, 0.15) is 46.8 Å². The van der Waals surface area contributed by atoms with E-state index in [4.69, 9.17) is 10.5 Å². The molecule has 41 heavy (non-hydrogen) atoms. The van der Waals surface area contributed by atoms with Gasteiger partial charge in [0, 0.05) is 18.1 Å². The quantitative estimate of drug-likeness (QED) is 0.247. The molecule has 1 atom stereocenters. The number of carbonyl (C=O) groups excluding carboxylic acids is 1. The molecule has 9 nitrogen and oxygen atoms in total. The van der Waals surface area contributed by atoms with E-state index in [-0.39, 0.29) is 51.9 Å². The van der Waals surface area contributed by atoms with Crippen LogP contribution in [-0.4, -0.2) is 49.1 Å². The topological polar surface area (TPSA) is 123 Å². The number of benzene rings is 2. The van der Waals surface area contributed by atoms with Gasteiger partial charge < -0.3 is 15.4 Å². The van der Waals surface area contributed by atoms with E-state index in [2.05, 4.69) is 15.1 Å². The third kappa shape index (κ3) is 5.30. The van der Waals surface area contributed by atoms with Gasteiger partial charge in [-0.25, -0.2) is 27.8 Å². The van der Waals surface area contributed by atoms with Crippen molar-refractivity contribution in [2.75, 3.05) is 12.3 Å². The Labute approximate surface area is 232 Å². The molecule has 2 aromatic carbocycles. The number of anilines is 1. The Morgan fingerprint density at radius 1 is 1.17 bits per heavy atom. The molecule has 1 aliphatic heterocycles. The van der Waals surface area contributed by atoms with Crippen molar-refractivity contribution in [2.24, 2.45) is 5.92 Å². The number of nitrogens with two attached hydrogens (primary N) is 1. The zero-order valence-electron chi connectivity index (χ0n) is 21.7. The molecule has 1 aliphatic carbocycles. The molecule has 3 heterocycles. The molecule has 2 N–H and O–H groups in total. The molecule has 4 aromatic rings. The molecule has 0 radical (unpaired) electrons. The number of nitrogen functional groups attached to an aromatic ring is 1. The van der Waals surface area contributed by atoms with Crippen molar-refractivity contribution >= 4 is 22.8 Å². The summed E-state index contributed by atoms with van der Waals surface area (Å²) >= 11 is 0. The lowest BCUT2D eigenvalue weighted by atomic mass is 10.1. The van der Waals surface area contributed by atoms with Crippen molar-refractivity contribution in [3.8, 4) is 28.8 Å². The first-order valence-electron chi connectivity index (χ1n) is 13.0. The Morgan fingerprint density at radius 2 is 1.95 bits per heavy atom. The number of likely N-dealkylation sites (tertiary alicyclic amines) is 1. The number of para-hydroxylation sites is 1. The molecule has 1 amide bonds. The minimum atomic E-state index is -3.15. The molecule has 6 rings (SSSR count). The highest BCUT2D eigenvalue weighted by atomic mass is 19.3. The number of hydrogen-bond acceptors (Lipinski definition) is 7. The van der Waals surface area contributed by atoms with Crippen molar-refractivity contribution < 1.29 is 22.7 Å². The fourth-order valence-corrected chi connectivity index (χ4v) is 5.03. The van der Waals surface area contributed by atoms with Gasteiger partial charge in [-0.1, -0.05) is 24.3 Å². The number of rotatable bonds is 7. The molecule has 12 heteroatoms. The van der Waals surface area contributed by atoms with Crippen molar-refractivity contribution in [3.05, 3.63) is 72.3 Å². The summed E-state index contributed by atoms with van der Waals surface area (Å²) in [6, 6.07) is 14.0. The van der Waals surface area contributed by atoms with Crippen LogP contribution in [0.25, 0.3) is 22.3 Å². The lowest BCUT2D eigenvalue weighted by molar-refractivity contribution is -0.128. The van der Waals surface area contributed by atoms with Crippen LogP contribution < -0.4 is 10.5 Å². The van der Waals surface area contributed by atoms with E-state index < -0.39 is 36.7 Å². The van der Waals surface area contributed by atoms with Crippen LogP contribution >= 0.6 is 0 Å². The Hall–Kier alpha value is -4.92. The number of allylic oxidation sites excluding steroid dienone is 1. The molecular weight excluding hydrogens is 535 g/mol. The number of fused-ring (bicyclic) bond motifs is 1. The number of aromatic nitrogens is 4. The number of carbonyl (C=O) groups is 1. The van der Waals surface area contributed by atoms with Gasteiger partial charge in [-0.2, -0.15) is 10.4 Å². The van der Waals surface area contributed by atoms with Crippen LogP contribution in [0.2, 0.25) is 0 Å². The highest BCUT2D eigenvalue weighted by Gasteiger charge is 2.48. The summed E-state index contributed by atoms with van der Waals surface area (Å²) in [4.78, 5) is 22.4. The number of nitrogens with zero attached hydrogens (tertiary/aromatic N) is 6. The van der Waals surface area contributed by atoms with Crippen LogP contribution in [0.1, 0.15) is 19.3 Å². The number of alkyl halides is 2. The monoisotopic (exact) mass is 559 g/mol. The van der Waals surface area contributed by atoms with E-state index in [0.717, 1.165) is 17.7 Å². The van der Waals surface area contributed by atoms with Gasteiger partial charge in [-0.05, 0) is 43.0 Å². The molecule has 0 bridgehead atoms. The summed E-state index contributed by atoms with van der Waals surface area (Å²) in [5, 5.41) is 14.3. The third-order valence-corrected chi connectivity index (χ3v) is 7.13. The van der Waals surface area contributed by atoms with Gasteiger partial charge in [-0.15, -0.1) is 0 Å². The van der Waals surface area contributed by atoms with Crippen LogP contribution in [0.5, 0.6) is 11.5 Å². The van der Waals surface area contributed by atoms with Crippen molar-refractivity contribution in [1.82, 2.24) is 24.6 Å². The summed E-state index contributed by atoms with van der Waals surface area (Å²) in [6.07, 6.45) is 3.84. The Bertz CT molecular complexity index is 1710. The number of nitriles is 1. The van der Waals surface area contributed by atoms with Crippen molar-refractivity contribution in [1.29, 1.82) is 5.26 Å². The second-order valence-corrected chi connectivity index (χ2v) is 10.2. The van der Waals surface area contributed by atoms with Gasteiger partial charge in [-0.3, -0.25) is 4.79 Å². The molecule has 2 aromatic heterocycles. The predicted molar refractivity (Wildman–Crippen MR) is 143 cm³/mol. The maximum Gasteiger partial charge on any atom is 0.267 e. The van der Waals surface area contributed by atoms with Crippen LogP contribution in [0.15, 0.2) is 66.5 Å². The van der Waals surface area contributed by atoms with Crippen LogP contribution in [-0.2, 0) is 11.3 Å². The smallest absolute Gasteiger partial charge is 0.267 e. The lowest BCUT2D eigenvalue weighted by Gasteiger charge is -2.23. The normalized spacial score (nSPS) is 18.4. The van der Waals surface area contributed by atoms with E-state index in [1.807, 2.05) is 12.1 Å². The molecule has 1 saturated carbocycles. The average molecular weight is 560 g/mol. The number of ether oxygens (including phenoxy) is 1. The second-order valence-electron chi connectivity index (χ2n) is 10.2. The van der Waals surface area contributed by atoms with E-state index in [1.165, 1.54) is 23.1 Å². The highest BCUT2D eigenvalue weighted by Crippen LogP contribution is 2.38. The Balaban J connectivity index is 1.34. The minimum absolute atomic E-state index is 0.0316. The maximum absolute atomic E-state index is 15.4. The zero-order valence-corrected chi connectivity index (χ0v) is 21.7. The number of hydrogen-bond donors (Lipinski definition) is 1. The standard InChI is InChI=1S/C29H24F3N7O2/c30-23-11-21(41-20-4-2-1-3-5-20)8-9-22(23)25-24-26(34)35-16-36-27(24)39(37-25)14-19-12-29(31,32)15-38(19)28(40)18(13-33)10-17-6-7-17/h1-5,8-11,16-17,19H,6-7,12,14-15H2,(H2,34,35,36). The SMILES string of the molecule is N#CC(=CC1CC1)C(=O)N1CC(F)(F)CC1Cn1nc(-c2ccc(Oc3ccccc3)cc2F)c2c(N)ncnc21. The van der Waals surface area contributed by atoms with Gasteiger partial charge >= 0.3 is 0 Å². The fourth-order valence-electron chi connectivity index (χ4n) is 5.03. The summed E-state index contributed by atoms with van der Waals surface area (Å²) in [6.45, 7) is -0.992. The van der Waals surface area contributed by atoms with Crippen molar-refractivity contribution in [3.63, 3.8) is 0 Å². The largest absolute Gasteiger partial charge is 0.457 e. The van der Waals surface area contributed by atoms with Crippen LogP contribution in [0, 0.1) is 23.1 Å². The van der Waals surface area contributed by atoms with Gasteiger partial charge in [0.2, 0.25) is 0 Å². The number of halogens is 3. The van der Waals surface area contributed by atoms with E-state index >= 15 is 4.39 Å². The summed E-state index contributed by atoms with van der Waals surface area (Å²) < 4.78 is 51.7. The molecular formula is C29H24F3N7O2. The van der Waals surface area contributed by atoms with Gasteiger partial charge in [0.15, 0.2) is 5.65 Å². The Morgan fingerprint density at radius 3 is 2.66 bits per heavy atom. The van der Waals surface area contributed by atoms with E-state index in [1.54, 1.807) is 36.4 Å². The van der Waals surface area contributed by atoms with E-state index in [9.17, 15) is 18.8 Å². The molecule has 0 spiro atoms. The molecule has 2 fully saturated rings. The van der Waals surface area contributed by atoms with Gasteiger partial charge in [0.05, 0.1) is 24.5 Å². The second kappa shape index (κ2) is 10.2. The first kappa shape index (κ1) is 26.3. The molecule has 208 valence electrons. The molecule has 1 unspecified atom stereocenters. The summed E-state index contributed by atoms with van der Waals surface area (Å²) in [7, 11) is 0. The van der Waals surface area contributed by atoms with Gasteiger partial charge in [0.25, 0.3) is 11.8 Å². The predicted octanol–water partition coefficient (Wildman–Crippen LogP) is 5.10. The fraction of sp³-hybridized carbons (Fsp3) is 0.276. The summed E-state index contributed by atoms with van der Waals surface area (Å²) in [5.41, 5.74) is 6.41. The van der Waals surface area contributed by atoms with Crippen LogP contribution in [0.4, 0.5) is 19.0 Å². The first-order chi connectivity index (χ1) is 19.7. The third-order valence-electron chi connectivity index (χ3n) is 7.13. The highest BCUT2D eigenvalue weighted by molar-refractivity contribution is 5.99. The molecule has 1 saturated heterocycles. The Kier molecular flexibility index (Phi) is 6.57. The minimum Gasteiger partial charge on any atom is -0.457 e. The average Bonchev–Trinajstić information content (AvgIpc) is 3.62. The van der Waals surface area contributed by atoms with Crippen LogP contribution in [0.3, 0.4) is 0 Å². The summed E-state index contributed by atoms with van der Waals surface area (Å²) in [5.74, 6) is -3.60. The first-order valence-corrected chi connectivity index (χ1v) is 13.0. The maximum atomic E-state index is 15.4. The number of amides is 1. The lowest BCUT2D eigenvalue weighted by Crippen LogP contribution is -2.39.